The van der Waals surface area contributed by atoms with Gasteiger partial charge in [0.15, 0.2) is 11.3 Å². The van der Waals surface area contributed by atoms with Crippen molar-refractivity contribution in [2.24, 2.45) is 11.3 Å². The van der Waals surface area contributed by atoms with Gasteiger partial charge in [-0.3, -0.25) is 19.3 Å². The molecule has 1 unspecified atom stereocenters. The highest BCUT2D eigenvalue weighted by Gasteiger charge is 2.54. The van der Waals surface area contributed by atoms with Crippen molar-refractivity contribution in [2.45, 2.75) is 46.1 Å². The SMILES string of the molecule is CCc1c(C(=O)N2CCC3(CC2)CC3CNC(=O)c2cc3ccncc3o2)cnn1CC. The van der Waals surface area contributed by atoms with Crippen molar-refractivity contribution in [3.8, 4) is 0 Å². The summed E-state index contributed by atoms with van der Waals surface area (Å²) in [5.41, 5.74) is 2.63. The first-order valence-corrected chi connectivity index (χ1v) is 11.5. The van der Waals surface area contributed by atoms with Crippen molar-refractivity contribution in [3.05, 3.63) is 47.7 Å². The zero-order chi connectivity index (χ0) is 22.3. The Morgan fingerprint density at radius 3 is 2.78 bits per heavy atom. The van der Waals surface area contributed by atoms with E-state index in [2.05, 4.69) is 22.3 Å². The van der Waals surface area contributed by atoms with Crippen molar-refractivity contribution >= 4 is 22.8 Å². The Morgan fingerprint density at radius 2 is 2.06 bits per heavy atom. The maximum atomic E-state index is 13.1. The number of hydrogen-bond acceptors (Lipinski definition) is 5. The van der Waals surface area contributed by atoms with Crippen LogP contribution in [0.4, 0.5) is 0 Å². The van der Waals surface area contributed by atoms with Crippen molar-refractivity contribution in [1.29, 1.82) is 0 Å². The molecule has 8 heteroatoms. The molecule has 1 saturated carbocycles. The van der Waals surface area contributed by atoms with E-state index < -0.39 is 0 Å². The number of nitrogens with zero attached hydrogens (tertiary/aromatic N) is 4. The number of hydrogen-bond donors (Lipinski definition) is 1. The standard InChI is InChI=1S/C24H29N5O3/c1-3-19-18(14-27-29(19)4-2)23(31)28-9-6-24(7-10-28)12-17(24)13-26-22(30)20-11-16-5-8-25-15-21(16)32-20/h5,8,11,14-15,17H,3-4,6-7,9-10,12-13H2,1-2H3,(H,26,30). The molecule has 5 rings (SSSR count). The largest absolute Gasteiger partial charge is 0.449 e. The molecule has 8 nitrogen and oxygen atoms in total. The summed E-state index contributed by atoms with van der Waals surface area (Å²) in [5, 5.41) is 8.28. The predicted molar refractivity (Wildman–Crippen MR) is 119 cm³/mol. The molecule has 1 atom stereocenters. The summed E-state index contributed by atoms with van der Waals surface area (Å²) in [7, 11) is 0. The maximum Gasteiger partial charge on any atom is 0.287 e. The molecule has 0 aromatic carbocycles. The lowest BCUT2D eigenvalue weighted by molar-refractivity contribution is 0.0667. The zero-order valence-corrected chi connectivity index (χ0v) is 18.6. The van der Waals surface area contributed by atoms with Crippen LogP contribution in [0.2, 0.25) is 0 Å². The fraction of sp³-hybridized carbons (Fsp3) is 0.500. The van der Waals surface area contributed by atoms with Crippen molar-refractivity contribution < 1.29 is 14.0 Å². The number of likely N-dealkylation sites (tertiary alicyclic amines) is 1. The van der Waals surface area contributed by atoms with Gasteiger partial charge in [0, 0.05) is 37.8 Å². The Labute approximate surface area is 187 Å². The molecule has 32 heavy (non-hydrogen) atoms. The Hall–Kier alpha value is -3.16. The molecule has 168 valence electrons. The Balaban J connectivity index is 1.14. The summed E-state index contributed by atoms with van der Waals surface area (Å²) in [4.78, 5) is 31.6. The molecule has 1 spiro atoms. The zero-order valence-electron chi connectivity index (χ0n) is 18.6. The molecule has 0 radical (unpaired) electrons. The smallest absolute Gasteiger partial charge is 0.287 e. The topological polar surface area (TPSA) is 93.3 Å². The molecule has 1 aliphatic heterocycles. The van der Waals surface area contributed by atoms with Gasteiger partial charge >= 0.3 is 0 Å². The molecule has 2 fully saturated rings. The van der Waals surface area contributed by atoms with E-state index in [-0.39, 0.29) is 17.2 Å². The molecule has 1 aliphatic carbocycles. The molecule has 2 aliphatic rings. The third-order valence-corrected chi connectivity index (χ3v) is 7.27. The molecule has 3 aromatic rings. The number of furan rings is 1. The first kappa shape index (κ1) is 20.7. The van der Waals surface area contributed by atoms with Gasteiger partial charge in [0.2, 0.25) is 0 Å². The molecule has 3 aromatic heterocycles. The third kappa shape index (κ3) is 3.57. The number of pyridine rings is 1. The highest BCUT2D eigenvalue weighted by molar-refractivity contribution is 5.96. The number of nitrogens with one attached hydrogen (secondary N) is 1. The first-order valence-electron chi connectivity index (χ1n) is 11.5. The maximum absolute atomic E-state index is 13.1. The fourth-order valence-corrected chi connectivity index (χ4v) is 5.19. The van der Waals surface area contributed by atoms with Gasteiger partial charge in [-0.1, -0.05) is 6.92 Å². The van der Waals surface area contributed by atoms with Gasteiger partial charge in [-0.2, -0.15) is 5.10 Å². The van der Waals surface area contributed by atoms with Gasteiger partial charge in [-0.25, -0.2) is 0 Å². The summed E-state index contributed by atoms with van der Waals surface area (Å²) < 4.78 is 7.52. The van der Waals surface area contributed by atoms with Gasteiger partial charge in [-0.15, -0.1) is 0 Å². The number of carbonyl (C=O) groups excluding carboxylic acids is 2. The van der Waals surface area contributed by atoms with Crippen LogP contribution < -0.4 is 5.32 Å². The van der Waals surface area contributed by atoms with E-state index in [1.807, 2.05) is 22.6 Å². The molecule has 0 bridgehead atoms. The average Bonchev–Trinajstić information content (AvgIpc) is 3.17. The molecular weight excluding hydrogens is 406 g/mol. The van der Waals surface area contributed by atoms with E-state index in [1.54, 1.807) is 24.7 Å². The Bertz CT molecular complexity index is 1120. The normalized spacial score (nSPS) is 19.4. The monoisotopic (exact) mass is 435 g/mol. The van der Waals surface area contributed by atoms with Crippen LogP contribution >= 0.6 is 0 Å². The lowest BCUT2D eigenvalue weighted by Gasteiger charge is -2.33. The lowest BCUT2D eigenvalue weighted by Crippen LogP contribution is -2.40. The minimum absolute atomic E-state index is 0.0984. The summed E-state index contributed by atoms with van der Waals surface area (Å²) in [6, 6.07) is 3.58. The second kappa shape index (κ2) is 8.07. The van der Waals surface area contributed by atoms with Gasteiger partial charge in [0.25, 0.3) is 11.8 Å². The van der Waals surface area contributed by atoms with E-state index in [4.69, 9.17) is 4.42 Å². The minimum Gasteiger partial charge on any atom is -0.449 e. The van der Waals surface area contributed by atoms with Crippen LogP contribution in [-0.2, 0) is 13.0 Å². The highest BCUT2D eigenvalue weighted by atomic mass is 16.3. The molecule has 1 N–H and O–H groups in total. The second-order valence-corrected chi connectivity index (χ2v) is 8.96. The van der Waals surface area contributed by atoms with E-state index in [0.29, 0.717) is 23.8 Å². The Kier molecular flexibility index (Phi) is 5.23. The number of aromatic nitrogens is 3. The van der Waals surface area contributed by atoms with Crippen molar-refractivity contribution in [3.63, 3.8) is 0 Å². The van der Waals surface area contributed by atoms with Crippen LogP contribution in [0.5, 0.6) is 0 Å². The lowest BCUT2D eigenvalue weighted by atomic mass is 9.90. The van der Waals surface area contributed by atoms with E-state index >= 15 is 0 Å². The molecule has 1 saturated heterocycles. The number of rotatable bonds is 6. The van der Waals surface area contributed by atoms with Gasteiger partial charge < -0.3 is 14.6 Å². The average molecular weight is 436 g/mol. The molecule has 2 amide bonds. The van der Waals surface area contributed by atoms with Crippen molar-refractivity contribution in [2.75, 3.05) is 19.6 Å². The first-order chi connectivity index (χ1) is 15.5. The summed E-state index contributed by atoms with van der Waals surface area (Å²) in [6.07, 6.45) is 8.90. The summed E-state index contributed by atoms with van der Waals surface area (Å²) >= 11 is 0. The van der Waals surface area contributed by atoms with Gasteiger partial charge in [0.05, 0.1) is 23.7 Å². The van der Waals surface area contributed by atoms with Crippen LogP contribution in [0.15, 0.2) is 35.1 Å². The molecule has 4 heterocycles. The van der Waals surface area contributed by atoms with E-state index in [9.17, 15) is 9.59 Å². The third-order valence-electron chi connectivity index (χ3n) is 7.27. The Morgan fingerprint density at radius 1 is 1.25 bits per heavy atom. The number of amides is 2. The predicted octanol–water partition coefficient (Wildman–Crippen LogP) is 3.28. The van der Waals surface area contributed by atoms with Gasteiger partial charge in [0.1, 0.15) is 0 Å². The second-order valence-electron chi connectivity index (χ2n) is 8.96. The summed E-state index contributed by atoms with van der Waals surface area (Å²) in [5.74, 6) is 0.698. The number of carbonyl (C=O) groups is 2. The van der Waals surface area contributed by atoms with Gasteiger partial charge in [-0.05, 0) is 56.1 Å². The van der Waals surface area contributed by atoms with E-state index in [1.165, 1.54) is 0 Å². The van der Waals surface area contributed by atoms with Crippen molar-refractivity contribution in [1.82, 2.24) is 25.0 Å². The fourth-order valence-electron chi connectivity index (χ4n) is 5.19. The molecular formula is C24H29N5O3. The van der Waals surface area contributed by atoms with E-state index in [0.717, 1.165) is 62.0 Å². The number of piperidine rings is 1. The quantitative estimate of drug-likeness (QED) is 0.641. The minimum atomic E-state index is -0.184. The van der Waals surface area contributed by atoms with Crippen LogP contribution in [0, 0.1) is 11.3 Å². The number of fused-ring (bicyclic) bond motifs is 1. The highest BCUT2D eigenvalue weighted by Crippen LogP contribution is 2.59. The number of aryl methyl sites for hydroxylation is 1. The van der Waals surface area contributed by atoms with Crippen LogP contribution in [0.1, 0.15) is 59.7 Å². The van der Waals surface area contributed by atoms with Crippen LogP contribution in [-0.4, -0.2) is 51.1 Å². The van der Waals surface area contributed by atoms with Crippen LogP contribution in [0.3, 0.4) is 0 Å². The summed E-state index contributed by atoms with van der Waals surface area (Å²) in [6.45, 7) is 7.06. The van der Waals surface area contributed by atoms with Crippen LogP contribution in [0.25, 0.3) is 11.0 Å².